The molecule has 0 unspecified atom stereocenters. The minimum atomic E-state index is -3.00. The molecule has 1 saturated heterocycles. The van der Waals surface area contributed by atoms with Crippen LogP contribution in [-0.4, -0.2) is 26.6 Å². The first-order valence-corrected chi connectivity index (χ1v) is 19.1. The van der Waals surface area contributed by atoms with Crippen molar-refractivity contribution in [2.24, 2.45) is 0 Å². The van der Waals surface area contributed by atoms with E-state index in [9.17, 15) is 0 Å². The summed E-state index contributed by atoms with van der Waals surface area (Å²) in [5.41, 5.74) is 2.46. The van der Waals surface area contributed by atoms with Crippen molar-refractivity contribution in [1.82, 2.24) is 4.65 Å². The van der Waals surface area contributed by atoms with Crippen LogP contribution in [0.1, 0.15) is 0 Å². The molecule has 0 aliphatic carbocycles. The van der Waals surface area contributed by atoms with Gasteiger partial charge < -0.3 is 13.1 Å². The fourth-order valence-electron chi connectivity index (χ4n) is 6.35. The van der Waals surface area contributed by atoms with E-state index >= 15 is 0 Å². The quantitative estimate of drug-likeness (QED) is 0.286. The lowest BCUT2D eigenvalue weighted by atomic mass is 10.3. The molecule has 1 aliphatic heterocycles. The van der Waals surface area contributed by atoms with Gasteiger partial charge >= 0.3 is 8.40 Å². The molecule has 1 heterocycles. The van der Waals surface area contributed by atoms with Gasteiger partial charge in [0.2, 0.25) is 0 Å². The number of anilines is 2. The highest BCUT2D eigenvalue weighted by atomic mass is 28.5. The Morgan fingerprint density at radius 1 is 0.381 bits per heavy atom. The van der Waals surface area contributed by atoms with Crippen LogP contribution in [0, 0.1) is 0 Å². The van der Waals surface area contributed by atoms with Gasteiger partial charge in [-0.3, -0.25) is 0 Å². The van der Waals surface area contributed by atoms with Crippen LogP contribution in [0.5, 0.6) is 0 Å². The molecule has 42 heavy (non-hydrogen) atoms. The fourth-order valence-corrected chi connectivity index (χ4v) is 22.8. The first-order valence-electron chi connectivity index (χ1n) is 14.3. The minimum absolute atomic E-state index is 0.371. The summed E-state index contributed by atoms with van der Waals surface area (Å²) in [5, 5.41) is 5.43. The minimum Gasteiger partial charge on any atom is -0.390 e. The number of benzene rings is 6. The second kappa shape index (κ2) is 11.4. The van der Waals surface area contributed by atoms with Crippen LogP contribution in [0.2, 0.25) is 0 Å². The average Bonchev–Trinajstić information content (AvgIpc) is 3.10. The van der Waals surface area contributed by atoms with Gasteiger partial charge in [0.1, 0.15) is 0 Å². The largest absolute Gasteiger partial charge is 0.390 e. The molecule has 1 N–H and O–H groups in total. The number of nitrogens with zero attached hydrogens (tertiary/aromatic N) is 2. The van der Waals surface area contributed by atoms with Crippen LogP contribution < -0.4 is 33.9 Å². The highest BCUT2D eigenvalue weighted by molar-refractivity contribution is 7.27. The van der Waals surface area contributed by atoms with Gasteiger partial charge in [-0.1, -0.05) is 158 Å². The van der Waals surface area contributed by atoms with Gasteiger partial charge in [0.05, 0.1) is 0 Å². The topological polar surface area (TPSA) is 18.5 Å². The van der Waals surface area contributed by atoms with E-state index in [-0.39, 0.29) is 0 Å². The Balaban J connectivity index is 1.68. The lowest BCUT2D eigenvalue weighted by molar-refractivity contribution is 1.23. The zero-order valence-electron chi connectivity index (χ0n) is 23.2. The van der Waals surface area contributed by atoms with E-state index in [1.54, 1.807) is 0 Å². The van der Waals surface area contributed by atoms with E-state index in [1.165, 1.54) is 32.1 Å². The van der Waals surface area contributed by atoms with Gasteiger partial charge in [0, 0.05) is 11.4 Å². The molecular formula is C36H31N3Si3. The average molecular weight is 590 g/mol. The third-order valence-electron chi connectivity index (χ3n) is 8.10. The molecule has 0 atom stereocenters. The first-order chi connectivity index (χ1) is 20.8. The Morgan fingerprint density at radius 2 is 0.714 bits per heavy atom. The van der Waals surface area contributed by atoms with Crippen molar-refractivity contribution in [2.75, 3.05) is 8.46 Å². The van der Waals surface area contributed by atoms with Gasteiger partial charge in [-0.15, -0.1) is 0 Å². The van der Waals surface area contributed by atoms with Crippen LogP contribution >= 0.6 is 0 Å². The highest BCUT2D eigenvalue weighted by Crippen LogP contribution is 2.34. The summed E-state index contributed by atoms with van der Waals surface area (Å²) in [5.74, 6) is 0. The Labute approximate surface area is 253 Å². The number of nitrogens with one attached hydrogen (secondary N) is 1. The standard InChI is InChI=1S/C36H31N3Si3/c1-7-19-31(20-8-1)38-40-37-41(33-23-11-3-12-24-33,34-25-13-4-14-26-34)39(32-21-9-2-10-22-32)42(38,35-27-15-5-16-28-35)36-29-17-6-18-30-36/h1-30,37H. The van der Waals surface area contributed by atoms with E-state index < -0.39 is 16.8 Å². The second-order valence-electron chi connectivity index (χ2n) is 10.4. The third kappa shape index (κ3) is 4.28. The maximum atomic E-state index is 4.31. The van der Waals surface area contributed by atoms with Crippen LogP contribution in [0.15, 0.2) is 182 Å². The normalized spacial score (nSPS) is 15.7. The summed E-state index contributed by atoms with van der Waals surface area (Å²) in [6.07, 6.45) is 0. The Morgan fingerprint density at radius 3 is 1.12 bits per heavy atom. The van der Waals surface area contributed by atoms with Crippen molar-refractivity contribution in [3.63, 3.8) is 0 Å². The highest BCUT2D eigenvalue weighted by Gasteiger charge is 2.63. The second-order valence-corrected chi connectivity index (χ2v) is 19.4. The third-order valence-corrected chi connectivity index (χ3v) is 21.1. The molecule has 202 valence electrons. The monoisotopic (exact) mass is 589 g/mol. The molecule has 2 radical (unpaired) electrons. The van der Waals surface area contributed by atoms with Crippen LogP contribution in [-0.2, 0) is 0 Å². The molecular weight excluding hydrogens is 559 g/mol. The first kappa shape index (κ1) is 26.4. The molecule has 0 bridgehead atoms. The number of hydrogen-bond acceptors (Lipinski definition) is 3. The molecule has 1 fully saturated rings. The zero-order valence-corrected chi connectivity index (χ0v) is 26.2. The smallest absolute Gasteiger partial charge is 0.317 e. The maximum Gasteiger partial charge on any atom is 0.317 e. The predicted octanol–water partition coefficient (Wildman–Crippen LogP) is 4.65. The van der Waals surface area contributed by atoms with Crippen LogP contribution in [0.4, 0.5) is 11.4 Å². The Kier molecular flexibility index (Phi) is 7.19. The van der Waals surface area contributed by atoms with Gasteiger partial charge in [-0.25, -0.2) is 0 Å². The summed E-state index contributed by atoms with van der Waals surface area (Å²) >= 11 is 0. The van der Waals surface area contributed by atoms with Crippen molar-refractivity contribution in [1.29, 1.82) is 0 Å². The van der Waals surface area contributed by atoms with Crippen molar-refractivity contribution in [3.8, 4) is 0 Å². The van der Waals surface area contributed by atoms with Crippen LogP contribution in [0.25, 0.3) is 0 Å². The van der Waals surface area contributed by atoms with Crippen molar-refractivity contribution < 1.29 is 0 Å². The lowest BCUT2D eigenvalue weighted by Crippen LogP contribution is -2.98. The molecule has 6 heteroatoms. The van der Waals surface area contributed by atoms with Crippen molar-refractivity contribution in [2.45, 2.75) is 0 Å². The van der Waals surface area contributed by atoms with E-state index in [1.807, 2.05) is 0 Å². The van der Waals surface area contributed by atoms with Crippen molar-refractivity contribution in [3.05, 3.63) is 182 Å². The number of hydrogen-bond donors (Lipinski definition) is 1. The summed E-state index contributed by atoms with van der Waals surface area (Å²) in [6, 6.07) is 67.0. The van der Waals surface area contributed by atoms with Gasteiger partial charge in [-0.2, -0.15) is 0 Å². The molecule has 0 amide bonds. The van der Waals surface area contributed by atoms with E-state index in [4.69, 9.17) is 0 Å². The van der Waals surface area contributed by atoms with Gasteiger partial charge in [0.15, 0.2) is 0 Å². The van der Waals surface area contributed by atoms with Gasteiger partial charge in [0.25, 0.3) is 18.2 Å². The van der Waals surface area contributed by atoms with E-state index in [0.717, 1.165) is 0 Å². The summed E-state index contributed by atoms with van der Waals surface area (Å²) in [6.45, 7) is 0. The lowest BCUT2D eigenvalue weighted by Gasteiger charge is -2.62. The summed E-state index contributed by atoms with van der Waals surface area (Å²) in [4.78, 5) is 0. The predicted molar refractivity (Wildman–Crippen MR) is 183 cm³/mol. The van der Waals surface area contributed by atoms with Crippen molar-refractivity contribution >= 4 is 58.8 Å². The molecule has 0 aromatic heterocycles. The molecule has 7 rings (SSSR count). The SMILES string of the molecule is c1ccc(N2[Si]N[Si](c3ccccc3)(c3ccccc3)N(c3ccccc3)[Si]2(c2ccccc2)c2ccccc2)cc1. The number of para-hydroxylation sites is 2. The Hall–Kier alpha value is -4.47. The van der Waals surface area contributed by atoms with Crippen LogP contribution in [0.3, 0.4) is 0 Å². The van der Waals surface area contributed by atoms with E-state index in [2.05, 4.69) is 195 Å². The van der Waals surface area contributed by atoms with E-state index in [0.29, 0.717) is 9.84 Å². The molecule has 6 aromatic rings. The molecule has 0 spiro atoms. The molecule has 3 nitrogen and oxygen atoms in total. The Bertz CT molecular complexity index is 1640. The molecule has 6 aromatic carbocycles. The van der Waals surface area contributed by atoms with Gasteiger partial charge in [-0.05, 0) is 45.0 Å². The molecule has 0 saturated carbocycles. The number of rotatable bonds is 6. The molecule has 1 aliphatic rings. The maximum absolute atomic E-state index is 4.31. The summed E-state index contributed by atoms with van der Waals surface area (Å²) in [7, 11) is -5.49. The zero-order chi connectivity index (χ0) is 28.2. The summed E-state index contributed by atoms with van der Waals surface area (Å²) < 4.78 is 9.91. The fraction of sp³-hybridized carbons (Fsp3) is 0.